The molecule has 6 heteroatoms. The molecule has 0 amide bonds. The van der Waals surface area contributed by atoms with Crippen LogP contribution in [0.3, 0.4) is 0 Å². The van der Waals surface area contributed by atoms with Gasteiger partial charge in [0.2, 0.25) is 9.84 Å². The second-order valence-corrected chi connectivity index (χ2v) is 7.54. The lowest BCUT2D eigenvalue weighted by atomic mass is 10.0. The average molecular weight is 369 g/mol. The van der Waals surface area contributed by atoms with Crippen LogP contribution in [0.15, 0.2) is 77.7 Å². The molecule has 1 heterocycles. The van der Waals surface area contributed by atoms with Gasteiger partial charge < -0.3 is 4.74 Å². The van der Waals surface area contributed by atoms with Crippen molar-refractivity contribution in [3.63, 3.8) is 0 Å². The zero-order valence-electron chi connectivity index (χ0n) is 14.1. The number of benzene rings is 2. The quantitative estimate of drug-likeness (QED) is 0.621. The predicted octanol–water partition coefficient (Wildman–Crippen LogP) is 4.52. The van der Waals surface area contributed by atoms with E-state index in [4.69, 9.17) is 4.74 Å². The minimum absolute atomic E-state index is 0.0613. The van der Waals surface area contributed by atoms with Gasteiger partial charge in [0.15, 0.2) is 0 Å². The molecule has 3 aromatic rings. The highest BCUT2D eigenvalue weighted by Gasteiger charge is 2.24. The molecule has 0 bridgehead atoms. The van der Waals surface area contributed by atoms with E-state index in [2.05, 4.69) is 18.1 Å². The molecule has 0 radical (unpaired) electrons. The molecule has 2 aromatic carbocycles. The first kappa shape index (κ1) is 17.8. The van der Waals surface area contributed by atoms with Crippen LogP contribution in [0.25, 0.3) is 22.0 Å². The lowest BCUT2D eigenvalue weighted by Gasteiger charge is -2.14. The van der Waals surface area contributed by atoms with Crippen LogP contribution in [0.4, 0.5) is 4.39 Å². The predicted molar refractivity (Wildman–Crippen MR) is 100 cm³/mol. The van der Waals surface area contributed by atoms with Gasteiger partial charge in [-0.2, -0.15) is 0 Å². The monoisotopic (exact) mass is 369 g/mol. The summed E-state index contributed by atoms with van der Waals surface area (Å²) in [4.78, 5) is 3.97. The molecule has 0 spiro atoms. The highest BCUT2D eigenvalue weighted by atomic mass is 32.2. The fourth-order valence-corrected chi connectivity index (χ4v) is 3.87. The minimum Gasteiger partial charge on any atom is -0.497 e. The molecule has 0 saturated heterocycles. The first-order valence-corrected chi connectivity index (χ1v) is 9.16. The highest BCUT2D eigenvalue weighted by Crippen LogP contribution is 2.37. The average Bonchev–Trinajstić information content (AvgIpc) is 2.66. The Morgan fingerprint density at radius 1 is 1.23 bits per heavy atom. The summed E-state index contributed by atoms with van der Waals surface area (Å²) in [7, 11) is -2.42. The lowest BCUT2D eigenvalue weighted by molar-refractivity contribution is 0.415. The van der Waals surface area contributed by atoms with E-state index in [1.807, 2.05) is 0 Å². The molecular weight excluding hydrogens is 353 g/mol. The number of nitrogens with zero attached hydrogens (tertiary/aromatic N) is 1. The van der Waals surface area contributed by atoms with Crippen molar-refractivity contribution in [1.82, 2.24) is 4.98 Å². The van der Waals surface area contributed by atoms with Crippen LogP contribution in [0.5, 0.6) is 5.75 Å². The Balaban J connectivity index is 2.46. The molecule has 3 rings (SSSR count). The van der Waals surface area contributed by atoms with Gasteiger partial charge in [-0.15, -0.1) is 0 Å². The van der Waals surface area contributed by atoms with E-state index in [9.17, 15) is 12.8 Å². The standard InChI is InChI=1S/C20H16FNO3S/c1-4-13(2)26(23,24)19-12-22-18-9-8-15(21)11-17(18)20(19)14-6-5-7-16(10-14)25-3/h4-12H,1-2H2,3H3. The van der Waals surface area contributed by atoms with Crippen molar-refractivity contribution in [3.05, 3.63) is 78.6 Å². The van der Waals surface area contributed by atoms with Gasteiger partial charge in [0.1, 0.15) is 11.6 Å². The van der Waals surface area contributed by atoms with E-state index in [1.165, 1.54) is 37.6 Å². The van der Waals surface area contributed by atoms with Crippen LogP contribution >= 0.6 is 0 Å². The second-order valence-electron chi connectivity index (χ2n) is 5.56. The summed E-state index contributed by atoms with van der Waals surface area (Å²) in [5.41, 5.74) is 1.39. The van der Waals surface area contributed by atoms with Gasteiger partial charge in [0, 0.05) is 17.1 Å². The van der Waals surface area contributed by atoms with Gasteiger partial charge in [-0.05, 0) is 35.9 Å². The molecule has 0 aliphatic carbocycles. The third-order valence-corrected chi connectivity index (χ3v) is 5.76. The lowest BCUT2D eigenvalue weighted by Crippen LogP contribution is -2.06. The summed E-state index contributed by atoms with van der Waals surface area (Å²) in [6.07, 6.45) is 2.43. The van der Waals surface area contributed by atoms with Crippen LogP contribution in [0, 0.1) is 5.82 Å². The van der Waals surface area contributed by atoms with Crippen molar-refractivity contribution in [2.24, 2.45) is 0 Å². The van der Waals surface area contributed by atoms with Crippen molar-refractivity contribution in [2.75, 3.05) is 7.11 Å². The maximum Gasteiger partial charge on any atom is 0.208 e. The van der Waals surface area contributed by atoms with Crippen LogP contribution in [-0.2, 0) is 9.84 Å². The number of methoxy groups -OCH3 is 1. The summed E-state index contributed by atoms with van der Waals surface area (Å²) in [5, 5.41) is 0.385. The smallest absolute Gasteiger partial charge is 0.208 e. The number of allylic oxidation sites excluding steroid dienone is 1. The number of hydrogen-bond donors (Lipinski definition) is 0. The number of aromatic nitrogens is 1. The summed E-state index contributed by atoms with van der Waals surface area (Å²) >= 11 is 0. The molecule has 132 valence electrons. The molecule has 26 heavy (non-hydrogen) atoms. The molecule has 0 unspecified atom stereocenters. The van der Waals surface area contributed by atoms with E-state index in [1.54, 1.807) is 24.3 Å². The zero-order chi connectivity index (χ0) is 18.9. The Bertz CT molecular complexity index is 1140. The Morgan fingerprint density at radius 3 is 2.69 bits per heavy atom. The molecule has 1 aromatic heterocycles. The van der Waals surface area contributed by atoms with Crippen LogP contribution in [0.1, 0.15) is 0 Å². The molecule has 0 atom stereocenters. The van der Waals surface area contributed by atoms with Crippen LogP contribution < -0.4 is 4.74 Å². The van der Waals surface area contributed by atoms with Crippen LogP contribution in [0.2, 0.25) is 0 Å². The fourth-order valence-electron chi connectivity index (χ4n) is 2.68. The van der Waals surface area contributed by atoms with Gasteiger partial charge in [0.05, 0.1) is 22.4 Å². The second kappa shape index (κ2) is 6.72. The topological polar surface area (TPSA) is 56.3 Å². The number of rotatable bonds is 5. The van der Waals surface area contributed by atoms with E-state index in [0.717, 1.165) is 0 Å². The summed E-state index contributed by atoms with van der Waals surface area (Å²) in [6, 6.07) is 11.0. The molecule has 0 aliphatic heterocycles. The highest BCUT2D eigenvalue weighted by molar-refractivity contribution is 7.95. The maximum atomic E-state index is 13.9. The van der Waals surface area contributed by atoms with E-state index in [0.29, 0.717) is 27.8 Å². The van der Waals surface area contributed by atoms with Gasteiger partial charge in [0.25, 0.3) is 0 Å². The Morgan fingerprint density at radius 2 is 2.00 bits per heavy atom. The number of fused-ring (bicyclic) bond motifs is 1. The number of pyridine rings is 1. The Kier molecular flexibility index (Phi) is 4.61. The van der Waals surface area contributed by atoms with Crippen molar-refractivity contribution >= 4 is 20.7 Å². The van der Waals surface area contributed by atoms with Crippen molar-refractivity contribution in [1.29, 1.82) is 0 Å². The van der Waals surface area contributed by atoms with E-state index in [-0.39, 0.29) is 9.80 Å². The van der Waals surface area contributed by atoms with Crippen molar-refractivity contribution in [2.45, 2.75) is 4.90 Å². The largest absolute Gasteiger partial charge is 0.497 e. The fraction of sp³-hybridized carbons (Fsp3) is 0.0500. The molecule has 4 nitrogen and oxygen atoms in total. The minimum atomic E-state index is -3.93. The summed E-state index contributed by atoms with van der Waals surface area (Å²) in [5.74, 6) is 0.0651. The SMILES string of the molecule is C=CC(=C)S(=O)(=O)c1cnc2ccc(F)cc2c1-c1cccc(OC)c1. The maximum absolute atomic E-state index is 13.9. The summed E-state index contributed by atoms with van der Waals surface area (Å²) in [6.45, 7) is 7.03. The van der Waals surface area contributed by atoms with Gasteiger partial charge in [-0.1, -0.05) is 31.4 Å². The molecule has 0 aliphatic rings. The zero-order valence-corrected chi connectivity index (χ0v) is 14.9. The number of ether oxygens (including phenoxy) is 1. The van der Waals surface area contributed by atoms with Crippen molar-refractivity contribution < 1.29 is 17.5 Å². The van der Waals surface area contributed by atoms with Gasteiger partial charge in [-0.3, -0.25) is 4.98 Å². The Labute approximate surface area is 151 Å². The number of hydrogen-bond acceptors (Lipinski definition) is 4. The van der Waals surface area contributed by atoms with Crippen LogP contribution in [-0.4, -0.2) is 20.5 Å². The molecule has 0 N–H and O–H groups in total. The summed E-state index contributed by atoms with van der Waals surface area (Å²) < 4.78 is 44.9. The molecule has 0 saturated carbocycles. The first-order valence-electron chi connectivity index (χ1n) is 7.67. The van der Waals surface area contributed by atoms with Crippen molar-refractivity contribution in [3.8, 4) is 16.9 Å². The molecular formula is C20H16FNO3S. The molecule has 0 fully saturated rings. The first-order chi connectivity index (χ1) is 12.4. The van der Waals surface area contributed by atoms with Gasteiger partial charge >= 0.3 is 0 Å². The third kappa shape index (κ3) is 2.99. The van der Waals surface area contributed by atoms with Gasteiger partial charge in [-0.25, -0.2) is 12.8 Å². The van der Waals surface area contributed by atoms with E-state index < -0.39 is 15.7 Å². The number of halogens is 1. The third-order valence-electron chi connectivity index (χ3n) is 4.02. The Hall–Kier alpha value is -2.99. The number of sulfone groups is 1. The van der Waals surface area contributed by atoms with E-state index >= 15 is 0 Å². The normalized spacial score (nSPS) is 11.3.